The molecule has 80 valence electrons. The molecule has 1 aromatic rings. The first kappa shape index (κ1) is 11.7. The molecule has 2 N–H and O–H groups in total. The van der Waals surface area contributed by atoms with Crippen molar-refractivity contribution in [3.63, 3.8) is 0 Å². The van der Waals surface area contributed by atoms with Crippen LogP contribution in [0.5, 0.6) is 0 Å². The minimum atomic E-state index is 0.302. The molecule has 0 aromatic carbocycles. The molecule has 0 radical (unpaired) electrons. The normalized spacial score (nSPS) is 12.0. The highest BCUT2D eigenvalue weighted by Crippen LogP contribution is 2.29. The number of unbranched alkanes of at least 4 members (excludes halogenated alkanes) is 1. The maximum Gasteiger partial charge on any atom is 0.0102 e. The topological polar surface area (TPSA) is 26.0 Å². The second-order valence-corrected chi connectivity index (χ2v) is 5.93. The smallest absolute Gasteiger partial charge is 0.0102 e. The Morgan fingerprint density at radius 1 is 1.21 bits per heavy atom. The molecule has 0 amide bonds. The summed E-state index contributed by atoms with van der Waals surface area (Å²) in [6.07, 6.45) is 3.56. The number of aryl methyl sites for hydroxylation is 1. The Morgan fingerprint density at radius 3 is 2.43 bits per heavy atom. The fourth-order valence-electron chi connectivity index (χ4n) is 1.36. The molecule has 0 bridgehead atoms. The molecule has 1 heterocycles. The summed E-state index contributed by atoms with van der Waals surface area (Å²) in [6.45, 7) is 7.62. The molecular weight excluding hydrogens is 190 g/mol. The lowest BCUT2D eigenvalue weighted by Crippen LogP contribution is -2.07. The lowest BCUT2D eigenvalue weighted by molar-refractivity contribution is 0.604. The Morgan fingerprint density at radius 2 is 1.93 bits per heavy atom. The zero-order valence-electron chi connectivity index (χ0n) is 9.47. The predicted molar refractivity (Wildman–Crippen MR) is 65.0 cm³/mol. The lowest BCUT2D eigenvalue weighted by atomic mass is 9.95. The number of hydrogen-bond acceptors (Lipinski definition) is 2. The second kappa shape index (κ2) is 4.94. The van der Waals surface area contributed by atoms with E-state index in [0.29, 0.717) is 5.41 Å². The van der Waals surface area contributed by atoms with Crippen LogP contribution in [0.2, 0.25) is 0 Å². The van der Waals surface area contributed by atoms with Gasteiger partial charge in [0.2, 0.25) is 0 Å². The van der Waals surface area contributed by atoms with Crippen LogP contribution in [0.3, 0.4) is 0 Å². The van der Waals surface area contributed by atoms with Gasteiger partial charge in [-0.1, -0.05) is 20.8 Å². The van der Waals surface area contributed by atoms with E-state index in [9.17, 15) is 0 Å². The van der Waals surface area contributed by atoms with E-state index < -0.39 is 0 Å². The van der Waals surface area contributed by atoms with E-state index >= 15 is 0 Å². The van der Waals surface area contributed by atoms with Gasteiger partial charge in [-0.3, -0.25) is 0 Å². The van der Waals surface area contributed by atoms with Crippen LogP contribution in [0.15, 0.2) is 12.1 Å². The predicted octanol–water partition coefficient (Wildman–Crippen LogP) is 3.33. The molecule has 0 spiro atoms. The third-order valence-electron chi connectivity index (χ3n) is 2.28. The van der Waals surface area contributed by atoms with Crippen LogP contribution in [0.1, 0.15) is 43.4 Å². The van der Waals surface area contributed by atoms with Gasteiger partial charge in [-0.15, -0.1) is 11.3 Å². The Labute approximate surface area is 91.3 Å². The molecule has 1 nitrogen and oxygen atoms in total. The summed E-state index contributed by atoms with van der Waals surface area (Å²) in [5, 5.41) is 0. The average Bonchev–Trinajstić information content (AvgIpc) is 2.52. The van der Waals surface area contributed by atoms with Crippen LogP contribution in [-0.4, -0.2) is 6.54 Å². The number of hydrogen-bond donors (Lipinski definition) is 1. The zero-order chi connectivity index (χ0) is 10.6. The van der Waals surface area contributed by atoms with Gasteiger partial charge in [-0.25, -0.2) is 0 Å². The lowest BCUT2D eigenvalue weighted by Gasteiger charge is -2.15. The quantitative estimate of drug-likeness (QED) is 0.760. The monoisotopic (exact) mass is 211 g/mol. The molecule has 0 fully saturated rings. The van der Waals surface area contributed by atoms with Crippen molar-refractivity contribution in [2.24, 2.45) is 5.73 Å². The number of nitrogens with two attached hydrogens (primary N) is 1. The first-order chi connectivity index (χ1) is 6.54. The van der Waals surface area contributed by atoms with Crippen LogP contribution >= 0.6 is 11.3 Å². The molecule has 0 saturated heterocycles. The van der Waals surface area contributed by atoms with Crippen molar-refractivity contribution in [3.8, 4) is 0 Å². The van der Waals surface area contributed by atoms with Crippen molar-refractivity contribution < 1.29 is 0 Å². The fourth-order valence-corrected chi connectivity index (χ4v) is 2.47. The van der Waals surface area contributed by atoms with E-state index in [4.69, 9.17) is 5.73 Å². The Balaban J connectivity index is 2.51. The van der Waals surface area contributed by atoms with Gasteiger partial charge in [0.15, 0.2) is 0 Å². The van der Waals surface area contributed by atoms with E-state index in [-0.39, 0.29) is 0 Å². The van der Waals surface area contributed by atoms with Gasteiger partial charge in [0.25, 0.3) is 0 Å². The number of rotatable bonds is 4. The van der Waals surface area contributed by atoms with Gasteiger partial charge >= 0.3 is 0 Å². The van der Waals surface area contributed by atoms with E-state index in [1.807, 2.05) is 11.3 Å². The summed E-state index contributed by atoms with van der Waals surface area (Å²) < 4.78 is 0. The van der Waals surface area contributed by atoms with Crippen molar-refractivity contribution in [2.75, 3.05) is 6.54 Å². The van der Waals surface area contributed by atoms with Crippen LogP contribution in [0, 0.1) is 0 Å². The summed E-state index contributed by atoms with van der Waals surface area (Å²) in [4.78, 5) is 2.99. The molecule has 0 aliphatic heterocycles. The highest BCUT2D eigenvalue weighted by Gasteiger charge is 2.15. The maximum absolute atomic E-state index is 5.47. The minimum Gasteiger partial charge on any atom is -0.330 e. The van der Waals surface area contributed by atoms with Crippen LogP contribution in [0.4, 0.5) is 0 Å². The van der Waals surface area contributed by atoms with Gasteiger partial charge in [-0.2, -0.15) is 0 Å². The average molecular weight is 211 g/mol. The van der Waals surface area contributed by atoms with Gasteiger partial charge in [-0.05, 0) is 43.4 Å². The Kier molecular flexibility index (Phi) is 4.14. The van der Waals surface area contributed by atoms with E-state index in [0.717, 1.165) is 13.0 Å². The fraction of sp³-hybridized carbons (Fsp3) is 0.667. The molecule has 0 unspecified atom stereocenters. The first-order valence-corrected chi connectivity index (χ1v) is 6.15. The zero-order valence-corrected chi connectivity index (χ0v) is 10.3. The van der Waals surface area contributed by atoms with Gasteiger partial charge in [0.05, 0.1) is 0 Å². The Bertz CT molecular complexity index is 270. The van der Waals surface area contributed by atoms with Gasteiger partial charge < -0.3 is 5.73 Å². The van der Waals surface area contributed by atoms with Crippen LogP contribution in [-0.2, 0) is 11.8 Å². The van der Waals surface area contributed by atoms with Gasteiger partial charge in [0, 0.05) is 9.75 Å². The summed E-state index contributed by atoms with van der Waals surface area (Å²) in [5.41, 5.74) is 5.77. The standard InChI is InChI=1S/C12H21NS/c1-12(2,3)11-8-7-10(14-11)6-4-5-9-13/h7-8H,4-6,9,13H2,1-3H3. The van der Waals surface area contributed by atoms with E-state index in [2.05, 4.69) is 32.9 Å². The third kappa shape index (κ3) is 3.43. The van der Waals surface area contributed by atoms with E-state index in [1.165, 1.54) is 22.6 Å². The Hall–Kier alpha value is -0.340. The third-order valence-corrected chi connectivity index (χ3v) is 3.85. The largest absolute Gasteiger partial charge is 0.330 e. The van der Waals surface area contributed by atoms with Crippen molar-refractivity contribution in [1.29, 1.82) is 0 Å². The van der Waals surface area contributed by atoms with Crippen LogP contribution in [0.25, 0.3) is 0 Å². The minimum absolute atomic E-state index is 0.302. The van der Waals surface area contributed by atoms with E-state index in [1.54, 1.807) is 0 Å². The SMILES string of the molecule is CC(C)(C)c1ccc(CCCCN)s1. The molecule has 0 aliphatic carbocycles. The molecule has 1 aromatic heterocycles. The molecule has 2 heteroatoms. The van der Waals surface area contributed by atoms with Crippen molar-refractivity contribution in [2.45, 2.75) is 45.4 Å². The number of thiophene rings is 1. The van der Waals surface area contributed by atoms with Crippen LogP contribution < -0.4 is 5.73 Å². The first-order valence-electron chi connectivity index (χ1n) is 5.33. The summed E-state index contributed by atoms with van der Waals surface area (Å²) >= 11 is 1.95. The van der Waals surface area contributed by atoms with Gasteiger partial charge in [0.1, 0.15) is 0 Å². The highest BCUT2D eigenvalue weighted by atomic mass is 32.1. The second-order valence-electron chi connectivity index (χ2n) is 4.76. The summed E-state index contributed by atoms with van der Waals surface area (Å²) in [6, 6.07) is 4.53. The van der Waals surface area contributed by atoms with Crippen molar-refractivity contribution in [1.82, 2.24) is 0 Å². The molecule has 0 aliphatic rings. The highest BCUT2D eigenvalue weighted by molar-refractivity contribution is 7.12. The maximum atomic E-state index is 5.47. The van der Waals surface area contributed by atoms with Crippen molar-refractivity contribution in [3.05, 3.63) is 21.9 Å². The molecule has 0 atom stereocenters. The summed E-state index contributed by atoms with van der Waals surface area (Å²) in [7, 11) is 0. The molecular formula is C12H21NS. The van der Waals surface area contributed by atoms with Crippen molar-refractivity contribution >= 4 is 11.3 Å². The molecule has 0 saturated carbocycles. The summed E-state index contributed by atoms with van der Waals surface area (Å²) in [5.74, 6) is 0. The molecule has 1 rings (SSSR count). The molecule has 14 heavy (non-hydrogen) atoms.